The Morgan fingerprint density at radius 3 is 2.06 bits per heavy atom. The van der Waals surface area contributed by atoms with E-state index in [4.69, 9.17) is 11.6 Å². The molecule has 0 saturated carbocycles. The van der Waals surface area contributed by atoms with Crippen molar-refractivity contribution in [1.82, 2.24) is 14.8 Å². The number of benzene rings is 2. The lowest BCUT2D eigenvalue weighted by atomic mass is 10.1. The van der Waals surface area contributed by atoms with Crippen molar-refractivity contribution in [3.05, 3.63) is 64.7 Å². The minimum absolute atomic E-state index is 0.00949. The second-order valence-corrected chi connectivity index (χ2v) is 11.2. The lowest BCUT2D eigenvalue weighted by Gasteiger charge is -2.16. The Hall–Kier alpha value is -1.98. The van der Waals surface area contributed by atoms with E-state index in [0.29, 0.717) is 16.1 Å². The number of carbonyl (C=O) groups is 1. The summed E-state index contributed by atoms with van der Waals surface area (Å²) < 4.78 is 54.2. The smallest absolute Gasteiger partial charge is 0.241 e. The summed E-state index contributed by atoms with van der Waals surface area (Å²) in [6.07, 6.45) is 0. The van der Waals surface area contributed by atoms with Crippen molar-refractivity contribution >= 4 is 37.6 Å². The summed E-state index contributed by atoms with van der Waals surface area (Å²) >= 11 is 5.77. The molecule has 0 saturated heterocycles. The van der Waals surface area contributed by atoms with Crippen LogP contribution in [-0.2, 0) is 37.1 Å². The van der Waals surface area contributed by atoms with E-state index in [1.165, 1.54) is 31.2 Å². The van der Waals surface area contributed by atoms with Crippen molar-refractivity contribution in [3.8, 4) is 0 Å². The van der Waals surface area contributed by atoms with Gasteiger partial charge in [0.05, 0.1) is 16.7 Å². The summed E-state index contributed by atoms with van der Waals surface area (Å²) in [7, 11) is -7.44. The minimum atomic E-state index is -3.91. The van der Waals surface area contributed by atoms with Gasteiger partial charge in [0, 0.05) is 17.6 Å². The van der Waals surface area contributed by atoms with Crippen LogP contribution in [0.15, 0.2) is 53.4 Å². The van der Waals surface area contributed by atoms with E-state index in [0.717, 1.165) is 0 Å². The number of amides is 1. The Morgan fingerprint density at radius 1 is 0.903 bits per heavy atom. The first-order chi connectivity index (χ1) is 14.4. The number of sulfonamides is 2. The van der Waals surface area contributed by atoms with Gasteiger partial charge < -0.3 is 5.32 Å². The highest BCUT2D eigenvalue weighted by Gasteiger charge is 2.22. The molecule has 8 nitrogen and oxygen atoms in total. The van der Waals surface area contributed by atoms with Crippen LogP contribution in [-0.4, -0.2) is 34.8 Å². The molecule has 31 heavy (non-hydrogen) atoms. The van der Waals surface area contributed by atoms with Crippen molar-refractivity contribution in [3.63, 3.8) is 0 Å². The molecular formula is C20H26ClN3O5S2. The maximum Gasteiger partial charge on any atom is 0.241 e. The summed E-state index contributed by atoms with van der Waals surface area (Å²) in [6.45, 7) is 4.94. The van der Waals surface area contributed by atoms with Gasteiger partial charge in [-0.2, -0.15) is 4.72 Å². The molecule has 0 heterocycles. The molecule has 11 heteroatoms. The van der Waals surface area contributed by atoms with Crippen molar-refractivity contribution in [2.75, 3.05) is 0 Å². The first-order valence-electron chi connectivity index (χ1n) is 9.52. The maximum absolute atomic E-state index is 12.4. The van der Waals surface area contributed by atoms with Crippen LogP contribution in [0, 0.1) is 0 Å². The third-order valence-corrected chi connectivity index (χ3v) is 7.51. The molecule has 2 aromatic rings. The summed E-state index contributed by atoms with van der Waals surface area (Å²) in [6, 6.07) is 11.1. The largest absolute Gasteiger partial charge is 0.351 e. The van der Waals surface area contributed by atoms with Gasteiger partial charge in [-0.15, -0.1) is 0 Å². The Balaban J connectivity index is 2.03. The van der Waals surface area contributed by atoms with Gasteiger partial charge in [-0.05, 0) is 56.2 Å². The molecule has 1 amide bonds. The number of hydrogen-bond acceptors (Lipinski definition) is 5. The number of nitrogens with one attached hydrogen (secondary N) is 3. The minimum Gasteiger partial charge on any atom is -0.351 e. The molecule has 2 aromatic carbocycles. The zero-order chi connectivity index (χ0) is 23.2. The maximum atomic E-state index is 12.4. The first-order valence-corrected chi connectivity index (χ1v) is 13.0. The summed E-state index contributed by atoms with van der Waals surface area (Å²) in [5.41, 5.74) is 1.17. The number of carbonyl (C=O) groups excluding carboxylic acids is 1. The Bertz CT molecular complexity index is 1120. The molecule has 0 aromatic heterocycles. The molecular weight excluding hydrogens is 462 g/mol. The van der Waals surface area contributed by atoms with E-state index in [-0.39, 0.29) is 23.2 Å². The topological polar surface area (TPSA) is 121 Å². The van der Waals surface area contributed by atoms with Crippen LogP contribution in [0.1, 0.15) is 31.9 Å². The van der Waals surface area contributed by atoms with Gasteiger partial charge in [0.2, 0.25) is 26.0 Å². The highest BCUT2D eigenvalue weighted by Crippen LogP contribution is 2.15. The van der Waals surface area contributed by atoms with Crippen LogP contribution in [0.3, 0.4) is 0 Å². The van der Waals surface area contributed by atoms with Gasteiger partial charge in [0.15, 0.2) is 0 Å². The fraction of sp³-hybridized carbons (Fsp3) is 0.350. The highest BCUT2D eigenvalue weighted by atomic mass is 35.5. The first kappa shape index (κ1) is 25.3. The van der Waals surface area contributed by atoms with E-state index in [1.54, 1.807) is 38.1 Å². The van der Waals surface area contributed by atoms with Crippen LogP contribution >= 0.6 is 11.6 Å². The fourth-order valence-corrected chi connectivity index (χ4v) is 5.60. The van der Waals surface area contributed by atoms with E-state index < -0.39 is 32.0 Å². The van der Waals surface area contributed by atoms with E-state index in [9.17, 15) is 21.6 Å². The normalized spacial score (nSPS) is 13.2. The van der Waals surface area contributed by atoms with Gasteiger partial charge in [-0.3, -0.25) is 4.79 Å². The molecule has 1 atom stereocenters. The number of rotatable bonds is 10. The van der Waals surface area contributed by atoms with Crippen molar-refractivity contribution < 1.29 is 21.6 Å². The summed E-state index contributed by atoms with van der Waals surface area (Å²) in [5, 5.41) is 3.04. The molecule has 170 valence electrons. The Kier molecular flexibility index (Phi) is 8.61. The molecule has 0 fully saturated rings. The molecule has 0 aliphatic rings. The predicted octanol–water partition coefficient (Wildman–Crippen LogP) is 2.15. The SMILES string of the molecule is CC(C)NS(=O)(=O)Cc1ccccc1CNC(=O)[C@H](C)NS(=O)(=O)c1ccc(Cl)cc1. The van der Waals surface area contributed by atoms with E-state index in [2.05, 4.69) is 14.8 Å². The van der Waals surface area contributed by atoms with Crippen LogP contribution in [0.4, 0.5) is 0 Å². The van der Waals surface area contributed by atoms with Gasteiger partial charge in [0.25, 0.3) is 0 Å². The molecule has 0 bridgehead atoms. The van der Waals surface area contributed by atoms with Gasteiger partial charge in [0.1, 0.15) is 0 Å². The standard InChI is InChI=1S/C20H26ClN3O5S2/c1-14(2)23-30(26,27)13-17-7-5-4-6-16(17)12-22-20(25)15(3)24-31(28,29)19-10-8-18(21)9-11-19/h4-11,14-15,23-24H,12-13H2,1-3H3,(H,22,25)/t15-/m0/s1. The lowest BCUT2D eigenvalue weighted by Crippen LogP contribution is -2.44. The quantitative estimate of drug-likeness (QED) is 0.474. The molecule has 0 spiro atoms. The van der Waals surface area contributed by atoms with E-state index in [1.807, 2.05) is 0 Å². The Labute approximate surface area is 188 Å². The van der Waals surface area contributed by atoms with Crippen LogP contribution in [0.2, 0.25) is 5.02 Å². The molecule has 2 rings (SSSR count). The van der Waals surface area contributed by atoms with Gasteiger partial charge in [-0.25, -0.2) is 21.6 Å². The molecule has 0 aliphatic carbocycles. The third-order valence-electron chi connectivity index (χ3n) is 4.18. The van der Waals surface area contributed by atoms with Crippen molar-refractivity contribution in [2.45, 2.75) is 50.0 Å². The number of hydrogen-bond donors (Lipinski definition) is 3. The van der Waals surface area contributed by atoms with Crippen LogP contribution in [0.5, 0.6) is 0 Å². The summed E-state index contributed by atoms with van der Waals surface area (Å²) in [5.74, 6) is -0.772. The van der Waals surface area contributed by atoms with Crippen LogP contribution < -0.4 is 14.8 Å². The molecule has 0 aliphatic heterocycles. The highest BCUT2D eigenvalue weighted by molar-refractivity contribution is 7.89. The second-order valence-electron chi connectivity index (χ2n) is 7.32. The Morgan fingerprint density at radius 2 is 1.48 bits per heavy atom. The van der Waals surface area contributed by atoms with Crippen molar-refractivity contribution in [2.24, 2.45) is 0 Å². The molecule has 0 unspecified atom stereocenters. The monoisotopic (exact) mass is 487 g/mol. The average Bonchev–Trinajstić information content (AvgIpc) is 2.65. The second kappa shape index (κ2) is 10.6. The zero-order valence-corrected chi connectivity index (χ0v) is 19.8. The summed E-state index contributed by atoms with van der Waals surface area (Å²) in [4.78, 5) is 12.4. The lowest BCUT2D eigenvalue weighted by molar-refractivity contribution is -0.122. The molecule has 0 radical (unpaired) electrons. The fourth-order valence-electron chi connectivity index (χ4n) is 2.78. The molecule has 3 N–H and O–H groups in total. The average molecular weight is 488 g/mol. The van der Waals surface area contributed by atoms with Crippen LogP contribution in [0.25, 0.3) is 0 Å². The number of halogens is 1. The van der Waals surface area contributed by atoms with Gasteiger partial charge in [-0.1, -0.05) is 35.9 Å². The van der Waals surface area contributed by atoms with E-state index >= 15 is 0 Å². The zero-order valence-electron chi connectivity index (χ0n) is 17.4. The van der Waals surface area contributed by atoms with Crippen molar-refractivity contribution in [1.29, 1.82) is 0 Å². The predicted molar refractivity (Wildman–Crippen MR) is 120 cm³/mol. The van der Waals surface area contributed by atoms with Gasteiger partial charge >= 0.3 is 0 Å². The third kappa shape index (κ3) is 7.89.